The molecule has 0 radical (unpaired) electrons. The van der Waals surface area contributed by atoms with E-state index in [9.17, 15) is 8.42 Å². The quantitative estimate of drug-likeness (QED) is 0.298. The summed E-state index contributed by atoms with van der Waals surface area (Å²) in [6.45, 7) is 5.80. The molecule has 172 valence electrons. The minimum atomic E-state index is -3.42. The Morgan fingerprint density at radius 1 is 1.19 bits per heavy atom. The average molecular weight is 563 g/mol. The van der Waals surface area contributed by atoms with Crippen LogP contribution in [-0.4, -0.2) is 68.6 Å². The van der Waals surface area contributed by atoms with Gasteiger partial charge >= 0.3 is 0 Å². The van der Waals surface area contributed by atoms with Crippen LogP contribution < -0.4 is 5.32 Å². The van der Waals surface area contributed by atoms with Crippen molar-refractivity contribution in [1.29, 1.82) is 0 Å². The predicted molar refractivity (Wildman–Crippen MR) is 130 cm³/mol. The van der Waals surface area contributed by atoms with E-state index >= 15 is 0 Å². The Labute approximate surface area is 200 Å². The lowest BCUT2D eigenvalue weighted by molar-refractivity contribution is 0.133. The SMILES string of the molecule is CCOCc1ccccc1CNC(=NC)N1CCN(S(=O)(=O)Cc2ccon2)CC1.I. The van der Waals surface area contributed by atoms with Crippen LogP contribution in [-0.2, 0) is 33.7 Å². The van der Waals surface area contributed by atoms with Crippen LogP contribution in [0.25, 0.3) is 0 Å². The number of hydrogen-bond acceptors (Lipinski definition) is 6. The Balaban J connectivity index is 0.00000341. The first-order valence-corrected chi connectivity index (χ1v) is 11.6. The molecule has 11 heteroatoms. The summed E-state index contributed by atoms with van der Waals surface area (Å²) in [5.74, 6) is 0.613. The maximum atomic E-state index is 12.6. The second kappa shape index (κ2) is 12.4. The summed E-state index contributed by atoms with van der Waals surface area (Å²) in [7, 11) is -1.68. The minimum absolute atomic E-state index is 0. The van der Waals surface area contributed by atoms with Crippen molar-refractivity contribution >= 4 is 40.0 Å². The standard InChI is InChI=1S/C20H29N5O4S.HI/c1-3-28-15-18-7-5-4-6-17(18)14-22-20(21-2)24-9-11-25(12-10-24)30(26,27)16-19-8-13-29-23-19;/h4-8,13H,3,9-12,14-16H2,1-2H3,(H,21,22);1H. The number of ether oxygens (including phenoxy) is 1. The zero-order valence-electron chi connectivity index (χ0n) is 17.9. The van der Waals surface area contributed by atoms with Crippen LogP contribution >= 0.6 is 24.0 Å². The summed E-state index contributed by atoms with van der Waals surface area (Å²) in [5.41, 5.74) is 2.72. The molecule has 0 atom stereocenters. The Morgan fingerprint density at radius 2 is 1.90 bits per heavy atom. The maximum absolute atomic E-state index is 12.6. The fourth-order valence-corrected chi connectivity index (χ4v) is 4.78. The van der Waals surface area contributed by atoms with Crippen molar-refractivity contribution in [2.75, 3.05) is 39.8 Å². The Hall–Kier alpha value is -1.70. The molecule has 0 amide bonds. The van der Waals surface area contributed by atoms with Gasteiger partial charge in [0, 0.05) is 52.4 Å². The van der Waals surface area contributed by atoms with E-state index in [0.717, 1.165) is 17.1 Å². The first-order valence-electron chi connectivity index (χ1n) is 10.0. The van der Waals surface area contributed by atoms with Crippen LogP contribution in [0.15, 0.2) is 46.1 Å². The normalized spacial score (nSPS) is 15.5. The third-order valence-corrected chi connectivity index (χ3v) is 6.79. The van der Waals surface area contributed by atoms with Crippen LogP contribution in [0, 0.1) is 0 Å². The summed E-state index contributed by atoms with van der Waals surface area (Å²) in [6.07, 6.45) is 1.38. The number of aliphatic imine (C=N–C) groups is 1. The van der Waals surface area contributed by atoms with Crippen molar-refractivity contribution < 1.29 is 17.7 Å². The van der Waals surface area contributed by atoms with E-state index in [1.165, 1.54) is 10.6 Å². The largest absolute Gasteiger partial charge is 0.377 e. The fraction of sp³-hybridized carbons (Fsp3) is 0.500. The molecule has 31 heavy (non-hydrogen) atoms. The Kier molecular flexibility index (Phi) is 10.2. The molecule has 3 rings (SSSR count). The highest BCUT2D eigenvalue weighted by atomic mass is 127. The molecule has 0 spiro atoms. The first-order chi connectivity index (χ1) is 14.5. The van der Waals surface area contributed by atoms with Gasteiger partial charge in [0.2, 0.25) is 10.0 Å². The lowest BCUT2D eigenvalue weighted by Crippen LogP contribution is -2.53. The lowest BCUT2D eigenvalue weighted by atomic mass is 10.1. The second-order valence-corrected chi connectivity index (χ2v) is 8.91. The second-order valence-electron chi connectivity index (χ2n) is 6.94. The summed E-state index contributed by atoms with van der Waals surface area (Å²) in [5, 5.41) is 7.09. The van der Waals surface area contributed by atoms with Gasteiger partial charge in [-0.25, -0.2) is 8.42 Å². The van der Waals surface area contributed by atoms with Gasteiger partial charge in [-0.1, -0.05) is 29.4 Å². The molecule has 2 aromatic rings. The van der Waals surface area contributed by atoms with Gasteiger partial charge in [-0.3, -0.25) is 4.99 Å². The highest BCUT2D eigenvalue weighted by Gasteiger charge is 2.29. The smallest absolute Gasteiger partial charge is 0.220 e. The van der Waals surface area contributed by atoms with E-state index in [-0.39, 0.29) is 29.7 Å². The average Bonchev–Trinajstić information content (AvgIpc) is 3.26. The van der Waals surface area contributed by atoms with Gasteiger partial charge in [0.25, 0.3) is 0 Å². The van der Waals surface area contributed by atoms with E-state index in [0.29, 0.717) is 51.6 Å². The minimum Gasteiger partial charge on any atom is -0.377 e. The van der Waals surface area contributed by atoms with Gasteiger partial charge in [0.15, 0.2) is 5.96 Å². The van der Waals surface area contributed by atoms with E-state index in [1.54, 1.807) is 13.1 Å². The molecule has 1 aromatic carbocycles. The lowest BCUT2D eigenvalue weighted by Gasteiger charge is -2.35. The molecule has 9 nitrogen and oxygen atoms in total. The molecule has 1 fully saturated rings. The Bertz CT molecular complexity index is 929. The van der Waals surface area contributed by atoms with Crippen LogP contribution in [0.1, 0.15) is 23.7 Å². The molecule has 1 N–H and O–H groups in total. The first kappa shape index (κ1) is 25.6. The van der Waals surface area contributed by atoms with Crippen LogP contribution in [0.4, 0.5) is 0 Å². The monoisotopic (exact) mass is 563 g/mol. The number of sulfonamides is 1. The Morgan fingerprint density at radius 3 is 2.52 bits per heavy atom. The maximum Gasteiger partial charge on any atom is 0.220 e. The zero-order chi connectivity index (χ0) is 21.4. The number of benzene rings is 1. The highest BCUT2D eigenvalue weighted by Crippen LogP contribution is 2.14. The number of rotatable bonds is 8. The zero-order valence-corrected chi connectivity index (χ0v) is 21.0. The number of guanidine groups is 1. The van der Waals surface area contributed by atoms with Gasteiger partial charge < -0.3 is 19.5 Å². The van der Waals surface area contributed by atoms with Crippen LogP contribution in [0.2, 0.25) is 0 Å². The fourth-order valence-electron chi connectivity index (χ4n) is 3.36. The molecule has 1 aliphatic heterocycles. The molecular formula is C20H30IN5O4S. The van der Waals surface area contributed by atoms with Gasteiger partial charge in [0.05, 0.1) is 12.3 Å². The van der Waals surface area contributed by atoms with E-state index in [4.69, 9.17) is 9.26 Å². The molecule has 0 unspecified atom stereocenters. The molecule has 1 aromatic heterocycles. The highest BCUT2D eigenvalue weighted by molar-refractivity contribution is 14.0. The van der Waals surface area contributed by atoms with Gasteiger partial charge in [-0.15, -0.1) is 24.0 Å². The van der Waals surface area contributed by atoms with Crippen molar-refractivity contribution in [1.82, 2.24) is 19.7 Å². The molecule has 1 aliphatic rings. The molecule has 0 saturated carbocycles. The van der Waals surface area contributed by atoms with E-state index in [2.05, 4.69) is 32.5 Å². The van der Waals surface area contributed by atoms with Gasteiger partial charge in [-0.2, -0.15) is 4.31 Å². The van der Waals surface area contributed by atoms with E-state index in [1.807, 2.05) is 19.1 Å². The van der Waals surface area contributed by atoms with Gasteiger partial charge in [-0.05, 0) is 18.1 Å². The number of aromatic nitrogens is 1. The topological polar surface area (TPSA) is 100 Å². The number of nitrogens with zero attached hydrogens (tertiary/aromatic N) is 4. The van der Waals surface area contributed by atoms with Gasteiger partial charge in [0.1, 0.15) is 12.0 Å². The third-order valence-electron chi connectivity index (χ3n) is 4.98. The van der Waals surface area contributed by atoms with Crippen molar-refractivity contribution in [3.8, 4) is 0 Å². The molecule has 1 saturated heterocycles. The molecule has 2 heterocycles. The summed E-state index contributed by atoms with van der Waals surface area (Å²) in [6, 6.07) is 9.72. The molecule has 0 aliphatic carbocycles. The third kappa shape index (κ3) is 7.16. The van der Waals surface area contributed by atoms with Crippen LogP contribution in [0.5, 0.6) is 0 Å². The number of halogens is 1. The van der Waals surface area contributed by atoms with Crippen molar-refractivity contribution in [2.45, 2.75) is 25.8 Å². The van der Waals surface area contributed by atoms with Crippen LogP contribution in [0.3, 0.4) is 0 Å². The predicted octanol–water partition coefficient (Wildman–Crippen LogP) is 2.05. The van der Waals surface area contributed by atoms with E-state index < -0.39 is 10.0 Å². The molecule has 0 bridgehead atoms. The van der Waals surface area contributed by atoms with Crippen molar-refractivity contribution in [3.05, 3.63) is 53.4 Å². The number of nitrogens with one attached hydrogen (secondary N) is 1. The summed E-state index contributed by atoms with van der Waals surface area (Å²) < 4.78 is 37.0. The number of piperazine rings is 1. The molecular weight excluding hydrogens is 533 g/mol. The number of hydrogen-bond donors (Lipinski definition) is 1. The summed E-state index contributed by atoms with van der Waals surface area (Å²) >= 11 is 0. The summed E-state index contributed by atoms with van der Waals surface area (Å²) in [4.78, 5) is 6.45. The van der Waals surface area contributed by atoms with Crippen molar-refractivity contribution in [2.24, 2.45) is 4.99 Å². The van der Waals surface area contributed by atoms with Crippen molar-refractivity contribution in [3.63, 3.8) is 0 Å².